The lowest BCUT2D eigenvalue weighted by Gasteiger charge is -2.34. The Balaban J connectivity index is 2.14. The predicted molar refractivity (Wildman–Crippen MR) is 82.0 cm³/mol. The third kappa shape index (κ3) is 3.60. The van der Waals surface area contributed by atoms with E-state index in [4.69, 9.17) is 4.74 Å². The van der Waals surface area contributed by atoms with Crippen LogP contribution in [0.5, 0.6) is 0 Å². The van der Waals surface area contributed by atoms with E-state index in [0.29, 0.717) is 12.2 Å². The van der Waals surface area contributed by atoms with E-state index >= 15 is 0 Å². The van der Waals surface area contributed by atoms with Crippen molar-refractivity contribution in [3.63, 3.8) is 0 Å². The van der Waals surface area contributed by atoms with Gasteiger partial charge < -0.3 is 10.1 Å². The molecule has 0 aliphatic heterocycles. The van der Waals surface area contributed by atoms with Crippen molar-refractivity contribution in [2.45, 2.75) is 51.7 Å². The lowest BCUT2D eigenvalue weighted by Crippen LogP contribution is -2.44. The van der Waals surface area contributed by atoms with E-state index in [0.717, 1.165) is 24.9 Å². The molecule has 0 saturated heterocycles. The molecule has 0 heterocycles. The third-order valence-electron chi connectivity index (χ3n) is 4.30. The number of anilines is 1. The van der Waals surface area contributed by atoms with Crippen LogP contribution in [0.25, 0.3) is 0 Å². The first kappa shape index (κ1) is 15.0. The molecule has 1 aliphatic carbocycles. The Bertz CT molecular complexity index is 441. The fraction of sp³-hybridized carbons (Fsp3) is 0.588. The van der Waals surface area contributed by atoms with Gasteiger partial charge in [-0.3, -0.25) is 4.79 Å². The first-order chi connectivity index (χ1) is 9.61. The van der Waals surface area contributed by atoms with Crippen LogP contribution in [0, 0.1) is 12.8 Å². The van der Waals surface area contributed by atoms with Gasteiger partial charge in [-0.1, -0.05) is 24.1 Å². The molecule has 0 spiro atoms. The summed E-state index contributed by atoms with van der Waals surface area (Å²) in [5.74, 6) is 0.449. The molecule has 1 saturated carbocycles. The van der Waals surface area contributed by atoms with Gasteiger partial charge in [-0.25, -0.2) is 0 Å². The van der Waals surface area contributed by atoms with Crippen LogP contribution in [0.4, 0.5) is 5.69 Å². The number of aryl methyl sites for hydroxylation is 1. The third-order valence-corrected chi connectivity index (χ3v) is 4.30. The monoisotopic (exact) mass is 275 g/mol. The van der Waals surface area contributed by atoms with E-state index in [1.807, 2.05) is 6.92 Å². The SMILES string of the molecule is COC(C)[C@H](Nc1ccc(C)cc1)[C@@H]1CCCCC1=O. The van der Waals surface area contributed by atoms with Crippen molar-refractivity contribution in [3.8, 4) is 0 Å². The van der Waals surface area contributed by atoms with Crippen molar-refractivity contribution >= 4 is 11.5 Å². The van der Waals surface area contributed by atoms with E-state index in [1.54, 1.807) is 7.11 Å². The summed E-state index contributed by atoms with van der Waals surface area (Å²) >= 11 is 0. The minimum absolute atomic E-state index is 0.0170. The summed E-state index contributed by atoms with van der Waals surface area (Å²) in [6, 6.07) is 8.35. The van der Waals surface area contributed by atoms with E-state index < -0.39 is 0 Å². The number of Topliss-reactive ketones (excluding diaryl/α,β-unsaturated/α-hetero) is 1. The number of ether oxygens (including phenoxy) is 1. The number of rotatable bonds is 5. The molecule has 3 heteroatoms. The Morgan fingerprint density at radius 3 is 2.55 bits per heavy atom. The maximum absolute atomic E-state index is 12.2. The van der Waals surface area contributed by atoms with E-state index in [2.05, 4.69) is 36.5 Å². The molecule has 0 aromatic heterocycles. The number of hydrogen-bond acceptors (Lipinski definition) is 3. The molecular weight excluding hydrogens is 250 g/mol. The van der Waals surface area contributed by atoms with Crippen LogP contribution in [0.1, 0.15) is 38.2 Å². The molecule has 3 nitrogen and oxygen atoms in total. The van der Waals surface area contributed by atoms with Crippen LogP contribution in [0.2, 0.25) is 0 Å². The molecule has 1 aliphatic rings. The Morgan fingerprint density at radius 1 is 1.25 bits per heavy atom. The molecule has 1 N–H and O–H groups in total. The zero-order valence-electron chi connectivity index (χ0n) is 12.7. The zero-order chi connectivity index (χ0) is 14.5. The minimum atomic E-state index is 0.0170. The van der Waals surface area contributed by atoms with Crippen LogP contribution in [-0.4, -0.2) is 25.0 Å². The number of nitrogens with one attached hydrogen (secondary N) is 1. The van der Waals surface area contributed by atoms with Crippen LogP contribution in [-0.2, 0) is 9.53 Å². The van der Waals surface area contributed by atoms with E-state index in [1.165, 1.54) is 5.56 Å². The maximum atomic E-state index is 12.2. The first-order valence-electron chi connectivity index (χ1n) is 7.50. The lowest BCUT2D eigenvalue weighted by atomic mass is 9.81. The highest BCUT2D eigenvalue weighted by molar-refractivity contribution is 5.83. The molecule has 1 aromatic carbocycles. The van der Waals surface area contributed by atoms with Crippen molar-refractivity contribution < 1.29 is 9.53 Å². The van der Waals surface area contributed by atoms with E-state index in [-0.39, 0.29) is 18.1 Å². The standard InChI is InChI=1S/C17H25NO2/c1-12-8-10-14(11-9-12)18-17(13(2)20-3)15-6-4-5-7-16(15)19/h8-11,13,15,17-18H,4-7H2,1-3H3/t13?,15-,17+/m1/s1. The van der Waals surface area contributed by atoms with Crippen molar-refractivity contribution in [1.29, 1.82) is 0 Å². The molecule has 0 bridgehead atoms. The number of methoxy groups -OCH3 is 1. The first-order valence-corrected chi connectivity index (χ1v) is 7.50. The smallest absolute Gasteiger partial charge is 0.138 e. The van der Waals surface area contributed by atoms with Crippen LogP contribution < -0.4 is 5.32 Å². The van der Waals surface area contributed by atoms with Gasteiger partial charge in [0.05, 0.1) is 12.1 Å². The van der Waals surface area contributed by atoms with Gasteiger partial charge in [-0.2, -0.15) is 0 Å². The average Bonchev–Trinajstić information content (AvgIpc) is 2.47. The van der Waals surface area contributed by atoms with E-state index in [9.17, 15) is 4.79 Å². The quantitative estimate of drug-likeness (QED) is 0.892. The molecule has 0 amide bonds. The second-order valence-electron chi connectivity index (χ2n) is 5.80. The molecule has 3 atom stereocenters. The molecule has 0 radical (unpaired) electrons. The van der Waals surface area contributed by atoms with Gasteiger partial charge in [0.1, 0.15) is 5.78 Å². The lowest BCUT2D eigenvalue weighted by molar-refractivity contribution is -0.126. The Hall–Kier alpha value is -1.35. The number of carbonyl (C=O) groups is 1. The molecule has 1 unspecified atom stereocenters. The summed E-state index contributed by atoms with van der Waals surface area (Å²) < 4.78 is 5.50. The number of ketones is 1. The minimum Gasteiger partial charge on any atom is -0.380 e. The van der Waals surface area contributed by atoms with Crippen molar-refractivity contribution in [3.05, 3.63) is 29.8 Å². The summed E-state index contributed by atoms with van der Waals surface area (Å²) in [6.45, 7) is 4.11. The van der Waals surface area contributed by atoms with Gasteiger partial charge in [-0.15, -0.1) is 0 Å². The molecule has 110 valence electrons. The number of carbonyl (C=O) groups excluding carboxylic acids is 1. The van der Waals surface area contributed by atoms with Crippen LogP contribution >= 0.6 is 0 Å². The maximum Gasteiger partial charge on any atom is 0.138 e. The summed E-state index contributed by atoms with van der Waals surface area (Å²) in [7, 11) is 1.71. The van der Waals surface area contributed by atoms with Gasteiger partial charge in [0.2, 0.25) is 0 Å². The highest BCUT2D eigenvalue weighted by Gasteiger charge is 2.33. The van der Waals surface area contributed by atoms with Crippen molar-refractivity contribution in [1.82, 2.24) is 0 Å². The largest absolute Gasteiger partial charge is 0.380 e. The van der Waals surface area contributed by atoms with Crippen molar-refractivity contribution in [2.24, 2.45) is 5.92 Å². The van der Waals surface area contributed by atoms with Crippen LogP contribution in [0.15, 0.2) is 24.3 Å². The number of hydrogen-bond donors (Lipinski definition) is 1. The normalized spacial score (nSPS) is 22.4. The summed E-state index contributed by atoms with van der Waals surface area (Å²) in [5.41, 5.74) is 2.29. The molecule has 1 fully saturated rings. The predicted octanol–water partition coefficient (Wildman–Crippen LogP) is 3.57. The Labute approximate surface area is 121 Å². The van der Waals surface area contributed by atoms with Crippen molar-refractivity contribution in [2.75, 3.05) is 12.4 Å². The highest BCUT2D eigenvalue weighted by atomic mass is 16.5. The number of benzene rings is 1. The van der Waals surface area contributed by atoms with Gasteiger partial charge in [0.25, 0.3) is 0 Å². The van der Waals surface area contributed by atoms with Gasteiger partial charge >= 0.3 is 0 Å². The average molecular weight is 275 g/mol. The van der Waals surface area contributed by atoms with Gasteiger partial charge in [0, 0.05) is 25.1 Å². The second-order valence-corrected chi connectivity index (χ2v) is 5.80. The van der Waals surface area contributed by atoms with Crippen LogP contribution in [0.3, 0.4) is 0 Å². The molecular formula is C17H25NO2. The molecule has 2 rings (SSSR count). The zero-order valence-corrected chi connectivity index (χ0v) is 12.7. The van der Waals surface area contributed by atoms with Gasteiger partial charge in [0.15, 0.2) is 0 Å². The summed E-state index contributed by atoms with van der Waals surface area (Å²) in [4.78, 5) is 12.2. The summed E-state index contributed by atoms with van der Waals surface area (Å²) in [5, 5.41) is 3.51. The Morgan fingerprint density at radius 2 is 1.95 bits per heavy atom. The Kier molecular flexibility index (Phi) is 5.18. The molecule has 20 heavy (non-hydrogen) atoms. The van der Waals surface area contributed by atoms with Gasteiger partial charge in [-0.05, 0) is 38.8 Å². The topological polar surface area (TPSA) is 38.3 Å². The molecule has 1 aromatic rings. The summed E-state index contributed by atoms with van der Waals surface area (Å²) in [6.07, 6.45) is 3.87. The highest BCUT2D eigenvalue weighted by Crippen LogP contribution is 2.28. The fourth-order valence-electron chi connectivity index (χ4n) is 2.92. The second kappa shape index (κ2) is 6.89. The fourth-order valence-corrected chi connectivity index (χ4v) is 2.92.